The van der Waals surface area contributed by atoms with Gasteiger partial charge in [-0.25, -0.2) is 23.8 Å². The van der Waals surface area contributed by atoms with Crippen molar-refractivity contribution in [1.29, 1.82) is 0 Å². The van der Waals surface area contributed by atoms with Gasteiger partial charge in [-0.1, -0.05) is 45.0 Å². The molecular formula is C37H37FN8O3. The summed E-state index contributed by atoms with van der Waals surface area (Å²) in [5.74, 6) is 1.85. The third kappa shape index (κ3) is 7.43. The number of methoxy groups -OCH3 is 1. The van der Waals surface area contributed by atoms with E-state index < -0.39 is 11.8 Å². The Bertz CT molecular complexity index is 2160. The maximum absolute atomic E-state index is 14.6. The van der Waals surface area contributed by atoms with Crippen LogP contribution in [0.15, 0.2) is 85.2 Å². The number of pyridine rings is 1. The van der Waals surface area contributed by atoms with E-state index in [9.17, 15) is 9.18 Å². The summed E-state index contributed by atoms with van der Waals surface area (Å²) in [6.45, 7) is 10.2. The topological polar surface area (TPSA) is 128 Å². The first-order valence-electron chi connectivity index (χ1n) is 15.7. The largest absolute Gasteiger partial charge is 0.494 e. The van der Waals surface area contributed by atoms with Crippen molar-refractivity contribution in [1.82, 2.24) is 24.7 Å². The first kappa shape index (κ1) is 32.9. The van der Waals surface area contributed by atoms with Gasteiger partial charge in [0.2, 0.25) is 0 Å². The molecule has 0 aliphatic heterocycles. The van der Waals surface area contributed by atoms with Crippen LogP contribution in [0.2, 0.25) is 0 Å². The summed E-state index contributed by atoms with van der Waals surface area (Å²) in [5, 5.41) is 15.4. The number of urea groups is 1. The average Bonchev–Trinajstić information content (AvgIpc) is 3.50. The van der Waals surface area contributed by atoms with Gasteiger partial charge in [-0.05, 0) is 55.8 Å². The van der Waals surface area contributed by atoms with Crippen LogP contribution in [0.3, 0.4) is 0 Å². The molecule has 0 saturated heterocycles. The summed E-state index contributed by atoms with van der Waals surface area (Å²) < 4.78 is 27.5. The molecule has 0 saturated carbocycles. The van der Waals surface area contributed by atoms with Gasteiger partial charge in [-0.3, -0.25) is 10.3 Å². The van der Waals surface area contributed by atoms with Gasteiger partial charge < -0.3 is 20.1 Å². The van der Waals surface area contributed by atoms with E-state index in [0.29, 0.717) is 41.2 Å². The molecule has 0 fully saturated rings. The highest BCUT2D eigenvalue weighted by Gasteiger charge is 2.22. The number of benzene rings is 3. The van der Waals surface area contributed by atoms with Crippen molar-refractivity contribution in [3.8, 4) is 17.2 Å². The Morgan fingerprint density at radius 3 is 2.39 bits per heavy atom. The second-order valence-corrected chi connectivity index (χ2v) is 12.5. The molecule has 0 radical (unpaired) electrons. The van der Waals surface area contributed by atoms with Gasteiger partial charge >= 0.3 is 6.03 Å². The fourth-order valence-corrected chi connectivity index (χ4v) is 5.12. The van der Waals surface area contributed by atoms with Crippen LogP contribution in [-0.4, -0.2) is 37.9 Å². The summed E-state index contributed by atoms with van der Waals surface area (Å²) >= 11 is 0. The zero-order valence-electron chi connectivity index (χ0n) is 28.1. The van der Waals surface area contributed by atoms with Gasteiger partial charge in [-0.2, -0.15) is 5.10 Å². The third-order valence-corrected chi connectivity index (χ3v) is 7.90. The van der Waals surface area contributed by atoms with E-state index in [4.69, 9.17) is 9.47 Å². The first-order chi connectivity index (χ1) is 23.5. The minimum atomic E-state index is -0.537. The maximum atomic E-state index is 14.6. The lowest BCUT2D eigenvalue weighted by Gasteiger charge is -2.15. The number of ether oxygens (including phenoxy) is 2. The molecule has 0 unspecified atom stereocenters. The summed E-state index contributed by atoms with van der Waals surface area (Å²) in [6, 6.07) is 20.9. The molecule has 0 atom stereocenters. The average molecular weight is 661 g/mol. The highest BCUT2D eigenvalue weighted by molar-refractivity contribution is 6.07. The fourth-order valence-electron chi connectivity index (χ4n) is 5.12. The number of nitrogens with one attached hydrogen (secondary N) is 3. The van der Waals surface area contributed by atoms with E-state index in [2.05, 4.69) is 36.0 Å². The molecule has 12 heteroatoms. The molecule has 2 amide bonds. The number of hydrogen-bond donors (Lipinski definition) is 3. The number of hydrogen-bond acceptors (Lipinski definition) is 8. The summed E-state index contributed by atoms with van der Waals surface area (Å²) in [7, 11) is 1.41. The molecular weight excluding hydrogens is 623 g/mol. The Hall–Kier alpha value is -6.04. The second kappa shape index (κ2) is 13.6. The Labute approximate surface area is 283 Å². The Balaban J connectivity index is 1.19. The Morgan fingerprint density at radius 1 is 0.878 bits per heavy atom. The predicted octanol–water partition coefficient (Wildman–Crippen LogP) is 8.24. The van der Waals surface area contributed by atoms with Crippen LogP contribution in [0.1, 0.15) is 43.4 Å². The molecule has 0 aliphatic carbocycles. The zero-order valence-corrected chi connectivity index (χ0v) is 28.1. The highest BCUT2D eigenvalue weighted by Crippen LogP contribution is 2.33. The van der Waals surface area contributed by atoms with Crippen molar-refractivity contribution in [3.63, 3.8) is 0 Å². The Morgan fingerprint density at radius 2 is 1.65 bits per heavy atom. The minimum absolute atomic E-state index is 0.115. The molecule has 0 spiro atoms. The van der Waals surface area contributed by atoms with Gasteiger partial charge in [0, 0.05) is 34.5 Å². The monoisotopic (exact) mass is 660 g/mol. The van der Waals surface area contributed by atoms with Gasteiger partial charge in [0.1, 0.15) is 29.8 Å². The van der Waals surface area contributed by atoms with E-state index >= 15 is 0 Å². The molecule has 6 rings (SSSR count). The molecule has 0 aliphatic rings. The van der Waals surface area contributed by atoms with Crippen molar-refractivity contribution in [2.45, 2.75) is 46.6 Å². The van der Waals surface area contributed by atoms with Gasteiger partial charge in [-0.15, -0.1) is 0 Å². The second-order valence-electron chi connectivity index (χ2n) is 12.5. The molecule has 3 aromatic heterocycles. The van der Waals surface area contributed by atoms with Crippen molar-refractivity contribution in [3.05, 3.63) is 114 Å². The summed E-state index contributed by atoms with van der Waals surface area (Å²) in [4.78, 5) is 26.7. The molecule has 11 nitrogen and oxygen atoms in total. The highest BCUT2D eigenvalue weighted by atomic mass is 19.1. The quantitative estimate of drug-likeness (QED) is 0.142. The number of aromatic nitrogens is 5. The molecule has 3 heterocycles. The molecule has 3 N–H and O–H groups in total. The van der Waals surface area contributed by atoms with Crippen molar-refractivity contribution < 1.29 is 18.7 Å². The van der Waals surface area contributed by atoms with Gasteiger partial charge in [0.05, 0.1) is 41.8 Å². The zero-order chi connectivity index (χ0) is 34.7. The molecule has 49 heavy (non-hydrogen) atoms. The normalized spacial score (nSPS) is 11.3. The standard InChI is InChI=1S/C37H37FN8O3/c1-22-23(2)41-34(20-40-22)43-33-17-24(15-16-39-33)21-49-30-14-12-29(26-9-7-8-10-27(26)30)42-36(47)44-35-19-32(37(3,4)5)45-46(35)25-11-13-31(48-6)28(38)18-25/h7-20H,21H2,1-6H3,(H,39,41,43)(H2,42,44,47). The van der Waals surface area contributed by atoms with Crippen LogP contribution in [-0.2, 0) is 12.0 Å². The van der Waals surface area contributed by atoms with Crippen LogP contribution >= 0.6 is 0 Å². The SMILES string of the molecule is COc1ccc(-n2nc(C(C)(C)C)cc2NC(=O)Nc2ccc(OCc3ccnc(Nc4cnc(C)c(C)n4)c3)c3ccccc23)cc1F. The number of halogens is 1. The minimum Gasteiger partial charge on any atom is -0.494 e. The van der Waals surface area contributed by atoms with Crippen LogP contribution in [0.5, 0.6) is 11.5 Å². The van der Waals surface area contributed by atoms with Crippen molar-refractivity contribution in [2.24, 2.45) is 0 Å². The number of carbonyl (C=O) groups excluding carboxylic acids is 1. The molecule has 3 aromatic carbocycles. The van der Waals surface area contributed by atoms with Gasteiger partial charge in [0.25, 0.3) is 0 Å². The number of nitrogens with zero attached hydrogens (tertiary/aromatic N) is 5. The van der Waals surface area contributed by atoms with E-state index in [1.165, 1.54) is 23.9 Å². The van der Waals surface area contributed by atoms with E-state index in [0.717, 1.165) is 33.4 Å². The number of anilines is 4. The van der Waals surface area contributed by atoms with E-state index in [1.807, 2.05) is 77.1 Å². The third-order valence-electron chi connectivity index (χ3n) is 7.90. The molecule has 0 bridgehead atoms. The van der Waals surface area contributed by atoms with Crippen LogP contribution in [0.25, 0.3) is 16.5 Å². The smallest absolute Gasteiger partial charge is 0.324 e. The van der Waals surface area contributed by atoms with Crippen molar-refractivity contribution >= 4 is 39.9 Å². The summed E-state index contributed by atoms with van der Waals surface area (Å²) in [5.41, 5.74) is 4.05. The predicted molar refractivity (Wildman–Crippen MR) is 189 cm³/mol. The van der Waals surface area contributed by atoms with Crippen LogP contribution in [0, 0.1) is 19.7 Å². The van der Waals surface area contributed by atoms with Crippen LogP contribution < -0.4 is 25.4 Å². The number of amides is 2. The number of carbonyl (C=O) groups is 1. The van der Waals surface area contributed by atoms with E-state index in [1.54, 1.807) is 30.6 Å². The van der Waals surface area contributed by atoms with Crippen molar-refractivity contribution in [2.75, 3.05) is 23.1 Å². The summed E-state index contributed by atoms with van der Waals surface area (Å²) in [6.07, 6.45) is 3.38. The molecule has 250 valence electrons. The first-order valence-corrected chi connectivity index (χ1v) is 15.7. The van der Waals surface area contributed by atoms with Crippen LogP contribution in [0.4, 0.5) is 32.3 Å². The Kier molecular flexibility index (Phi) is 9.12. The number of fused-ring (bicyclic) bond motifs is 1. The lowest BCUT2D eigenvalue weighted by atomic mass is 9.92. The number of rotatable bonds is 9. The number of aryl methyl sites for hydroxylation is 2. The molecule has 6 aromatic rings. The van der Waals surface area contributed by atoms with E-state index in [-0.39, 0.29) is 11.2 Å². The fraction of sp³-hybridized carbons (Fsp3) is 0.216. The lowest BCUT2D eigenvalue weighted by molar-refractivity contribution is 0.262. The van der Waals surface area contributed by atoms with Gasteiger partial charge in [0.15, 0.2) is 11.6 Å². The lowest BCUT2D eigenvalue weighted by Crippen LogP contribution is -2.21. The maximum Gasteiger partial charge on any atom is 0.324 e.